The van der Waals surface area contributed by atoms with Gasteiger partial charge < -0.3 is 10.2 Å². The lowest BCUT2D eigenvalue weighted by molar-refractivity contribution is 0.199. The van der Waals surface area contributed by atoms with Gasteiger partial charge in [-0.25, -0.2) is 4.98 Å². The Hall–Kier alpha value is -0.610. The van der Waals surface area contributed by atoms with E-state index in [1.807, 2.05) is 11.3 Å². The second kappa shape index (κ2) is 7.59. The first-order chi connectivity index (χ1) is 10.2. The molecule has 2 heterocycles. The van der Waals surface area contributed by atoms with E-state index in [2.05, 4.69) is 37.9 Å². The molecule has 0 radical (unpaired) electrons. The van der Waals surface area contributed by atoms with Crippen LogP contribution in [0.4, 0.5) is 5.13 Å². The molecule has 2 rings (SSSR count). The second-order valence-electron chi connectivity index (χ2n) is 6.19. The highest BCUT2D eigenvalue weighted by Crippen LogP contribution is 2.40. The van der Waals surface area contributed by atoms with Gasteiger partial charge in [0.15, 0.2) is 5.13 Å². The molecule has 0 spiro atoms. The van der Waals surface area contributed by atoms with E-state index in [1.54, 1.807) is 0 Å². The molecule has 1 aliphatic rings. The maximum absolute atomic E-state index is 4.91. The third-order valence-electron chi connectivity index (χ3n) is 5.23. The minimum absolute atomic E-state index is 0.591. The summed E-state index contributed by atoms with van der Waals surface area (Å²) in [6, 6.07) is 0. The Balaban J connectivity index is 2.04. The lowest BCUT2D eigenvalue weighted by Gasteiger charge is -2.41. The third-order valence-corrected chi connectivity index (χ3v) is 6.39. The lowest BCUT2D eigenvalue weighted by atomic mass is 9.74. The van der Waals surface area contributed by atoms with E-state index in [0.717, 1.165) is 19.5 Å². The monoisotopic (exact) mass is 309 g/mol. The minimum Gasteiger partial charge on any atom is -0.348 e. The molecule has 0 saturated carbocycles. The van der Waals surface area contributed by atoms with Crippen molar-refractivity contribution < 1.29 is 0 Å². The normalized spacial score (nSPS) is 18.2. The summed E-state index contributed by atoms with van der Waals surface area (Å²) in [6.45, 7) is 13.4. The molecule has 120 valence electrons. The largest absolute Gasteiger partial charge is 0.348 e. The van der Waals surface area contributed by atoms with Gasteiger partial charge in [-0.2, -0.15) is 0 Å². The van der Waals surface area contributed by atoms with Gasteiger partial charge in [0.2, 0.25) is 0 Å². The fourth-order valence-corrected chi connectivity index (χ4v) is 4.46. The topological polar surface area (TPSA) is 28.2 Å². The number of aryl methyl sites for hydroxylation is 1. The van der Waals surface area contributed by atoms with Gasteiger partial charge in [0.1, 0.15) is 0 Å². The van der Waals surface area contributed by atoms with E-state index in [1.165, 1.54) is 54.5 Å². The summed E-state index contributed by atoms with van der Waals surface area (Å²) in [7, 11) is 0. The summed E-state index contributed by atoms with van der Waals surface area (Å²) >= 11 is 1.90. The Labute approximate surface area is 134 Å². The first-order valence-corrected chi connectivity index (χ1v) is 9.43. The van der Waals surface area contributed by atoms with Crippen molar-refractivity contribution in [2.75, 3.05) is 24.5 Å². The van der Waals surface area contributed by atoms with Gasteiger partial charge in [0, 0.05) is 24.5 Å². The summed E-state index contributed by atoms with van der Waals surface area (Å²) < 4.78 is 0. The summed E-state index contributed by atoms with van der Waals surface area (Å²) in [5.41, 5.74) is 1.88. The highest BCUT2D eigenvalue weighted by Gasteiger charge is 2.32. The van der Waals surface area contributed by atoms with Crippen LogP contribution >= 0.6 is 11.3 Å². The predicted molar refractivity (Wildman–Crippen MR) is 93.3 cm³/mol. The molecule has 1 aliphatic heterocycles. The summed E-state index contributed by atoms with van der Waals surface area (Å²) in [6.07, 6.45) is 6.33. The van der Waals surface area contributed by atoms with Crippen molar-refractivity contribution in [2.45, 2.75) is 66.3 Å². The van der Waals surface area contributed by atoms with Crippen LogP contribution in [0.15, 0.2) is 0 Å². The van der Waals surface area contributed by atoms with E-state index in [4.69, 9.17) is 4.98 Å². The minimum atomic E-state index is 0.591. The Morgan fingerprint density at radius 2 is 1.81 bits per heavy atom. The molecule has 0 unspecified atom stereocenters. The molecule has 21 heavy (non-hydrogen) atoms. The van der Waals surface area contributed by atoms with Gasteiger partial charge in [0.25, 0.3) is 0 Å². The summed E-state index contributed by atoms with van der Waals surface area (Å²) in [5.74, 6) is 0. The molecule has 4 heteroatoms. The maximum Gasteiger partial charge on any atom is 0.185 e. The zero-order valence-corrected chi connectivity index (χ0v) is 15.0. The van der Waals surface area contributed by atoms with Crippen LogP contribution in [0, 0.1) is 5.41 Å². The van der Waals surface area contributed by atoms with E-state index in [0.29, 0.717) is 5.41 Å². The number of piperidine rings is 1. The van der Waals surface area contributed by atoms with Crippen LogP contribution in [0.25, 0.3) is 0 Å². The highest BCUT2D eigenvalue weighted by molar-refractivity contribution is 7.15. The highest BCUT2D eigenvalue weighted by atomic mass is 32.1. The number of nitrogens with one attached hydrogen (secondary N) is 1. The van der Waals surface area contributed by atoms with Crippen molar-refractivity contribution >= 4 is 16.5 Å². The molecular formula is C17H31N3S. The SMILES string of the molecule is CCNCc1sc(N2CCC(CC)(CC)CC2)nc1CC. The number of thiazole rings is 1. The summed E-state index contributed by atoms with van der Waals surface area (Å²) in [4.78, 5) is 8.85. The molecular weight excluding hydrogens is 278 g/mol. The number of anilines is 1. The van der Waals surface area contributed by atoms with Crippen LogP contribution in [0.3, 0.4) is 0 Å². The van der Waals surface area contributed by atoms with E-state index < -0.39 is 0 Å². The van der Waals surface area contributed by atoms with Gasteiger partial charge in [-0.1, -0.05) is 40.5 Å². The molecule has 0 aromatic carbocycles. The third kappa shape index (κ3) is 3.78. The molecule has 0 amide bonds. The molecule has 1 fully saturated rings. The molecule has 3 nitrogen and oxygen atoms in total. The first-order valence-electron chi connectivity index (χ1n) is 8.62. The van der Waals surface area contributed by atoms with Gasteiger partial charge >= 0.3 is 0 Å². The van der Waals surface area contributed by atoms with Crippen molar-refractivity contribution in [3.63, 3.8) is 0 Å². The van der Waals surface area contributed by atoms with Crippen molar-refractivity contribution in [2.24, 2.45) is 5.41 Å². The summed E-state index contributed by atoms with van der Waals surface area (Å²) in [5, 5.41) is 4.69. The zero-order chi connectivity index (χ0) is 15.3. The molecule has 1 N–H and O–H groups in total. The van der Waals surface area contributed by atoms with Gasteiger partial charge in [-0.15, -0.1) is 11.3 Å². The zero-order valence-electron chi connectivity index (χ0n) is 14.2. The van der Waals surface area contributed by atoms with Gasteiger partial charge in [0.05, 0.1) is 5.69 Å². The molecule has 0 bridgehead atoms. The molecule has 1 saturated heterocycles. The van der Waals surface area contributed by atoms with Crippen molar-refractivity contribution in [3.05, 3.63) is 10.6 Å². The molecule has 1 aromatic heterocycles. The molecule has 1 aromatic rings. The fraction of sp³-hybridized carbons (Fsp3) is 0.824. The maximum atomic E-state index is 4.91. The van der Waals surface area contributed by atoms with Crippen LogP contribution in [0.5, 0.6) is 0 Å². The standard InChI is InChI=1S/C17H31N3S/c1-5-14-15(13-18-8-4)21-16(19-14)20-11-9-17(6-2,7-3)10-12-20/h18H,5-13H2,1-4H3. The average molecular weight is 310 g/mol. The predicted octanol–water partition coefficient (Wildman–Crippen LogP) is 4.22. The van der Waals surface area contributed by atoms with Gasteiger partial charge in [-0.3, -0.25) is 0 Å². The van der Waals surface area contributed by atoms with E-state index in [9.17, 15) is 0 Å². The van der Waals surface area contributed by atoms with Crippen LogP contribution in [0.1, 0.15) is 63.9 Å². The Kier molecular flexibility index (Phi) is 6.06. The lowest BCUT2D eigenvalue weighted by Crippen LogP contribution is -2.39. The van der Waals surface area contributed by atoms with E-state index in [-0.39, 0.29) is 0 Å². The van der Waals surface area contributed by atoms with Crippen LogP contribution in [0.2, 0.25) is 0 Å². The average Bonchev–Trinajstić information content (AvgIpc) is 2.96. The Morgan fingerprint density at radius 1 is 1.14 bits per heavy atom. The van der Waals surface area contributed by atoms with Crippen molar-refractivity contribution in [3.8, 4) is 0 Å². The van der Waals surface area contributed by atoms with E-state index >= 15 is 0 Å². The quantitative estimate of drug-likeness (QED) is 0.817. The van der Waals surface area contributed by atoms with Crippen molar-refractivity contribution in [1.82, 2.24) is 10.3 Å². The second-order valence-corrected chi connectivity index (χ2v) is 7.26. The number of nitrogens with zero attached hydrogens (tertiary/aromatic N) is 2. The first kappa shape index (κ1) is 16.8. The number of hydrogen-bond acceptors (Lipinski definition) is 4. The van der Waals surface area contributed by atoms with Crippen LogP contribution in [-0.2, 0) is 13.0 Å². The fourth-order valence-electron chi connectivity index (χ4n) is 3.29. The number of hydrogen-bond donors (Lipinski definition) is 1. The number of rotatable bonds is 7. The number of aromatic nitrogens is 1. The molecule has 0 atom stereocenters. The van der Waals surface area contributed by atoms with Crippen LogP contribution in [-0.4, -0.2) is 24.6 Å². The molecule has 0 aliphatic carbocycles. The van der Waals surface area contributed by atoms with Crippen molar-refractivity contribution in [1.29, 1.82) is 0 Å². The Bertz CT molecular complexity index is 427. The van der Waals surface area contributed by atoms with Gasteiger partial charge in [-0.05, 0) is 31.2 Å². The smallest absolute Gasteiger partial charge is 0.185 e. The Morgan fingerprint density at radius 3 is 2.33 bits per heavy atom. The van der Waals surface area contributed by atoms with Crippen LogP contribution < -0.4 is 10.2 Å².